The predicted molar refractivity (Wildman–Crippen MR) is 134 cm³/mol. The SMILES string of the molecule is Cc1n[nH]c(C)c1-c1ccc(NC(=O)[C@@H](NC(=O)c2ccnn2C)[C@H]2CCc3ccccc32)cc1. The largest absolute Gasteiger partial charge is 0.338 e. The van der Waals surface area contributed by atoms with Crippen LogP contribution in [0.5, 0.6) is 0 Å². The molecule has 0 fully saturated rings. The third-order valence-electron chi connectivity index (χ3n) is 6.77. The minimum atomic E-state index is -0.723. The van der Waals surface area contributed by atoms with Crippen molar-refractivity contribution in [1.29, 1.82) is 0 Å². The number of carbonyl (C=O) groups is 2. The summed E-state index contributed by atoms with van der Waals surface area (Å²) in [6, 6.07) is 16.7. The van der Waals surface area contributed by atoms with Crippen LogP contribution in [0, 0.1) is 13.8 Å². The molecule has 8 heteroatoms. The van der Waals surface area contributed by atoms with Gasteiger partial charge in [0, 0.05) is 36.1 Å². The fourth-order valence-corrected chi connectivity index (χ4v) is 5.01. The maximum absolute atomic E-state index is 13.6. The Balaban J connectivity index is 1.40. The number of anilines is 1. The zero-order valence-electron chi connectivity index (χ0n) is 20.0. The van der Waals surface area contributed by atoms with Gasteiger partial charge >= 0.3 is 0 Å². The van der Waals surface area contributed by atoms with E-state index in [-0.39, 0.29) is 17.7 Å². The van der Waals surface area contributed by atoms with Crippen LogP contribution in [0.4, 0.5) is 5.69 Å². The van der Waals surface area contributed by atoms with E-state index in [1.54, 1.807) is 19.3 Å². The summed E-state index contributed by atoms with van der Waals surface area (Å²) in [4.78, 5) is 26.6. The van der Waals surface area contributed by atoms with Gasteiger partial charge in [-0.25, -0.2) is 0 Å². The van der Waals surface area contributed by atoms with Crippen LogP contribution in [0.25, 0.3) is 11.1 Å². The van der Waals surface area contributed by atoms with E-state index < -0.39 is 6.04 Å². The Labute approximate surface area is 203 Å². The first-order valence-electron chi connectivity index (χ1n) is 11.7. The van der Waals surface area contributed by atoms with E-state index in [1.807, 2.05) is 56.3 Å². The normalized spacial score (nSPS) is 15.5. The number of amides is 2. The van der Waals surface area contributed by atoms with Gasteiger partial charge < -0.3 is 10.6 Å². The van der Waals surface area contributed by atoms with E-state index >= 15 is 0 Å². The molecule has 1 aliphatic carbocycles. The molecule has 178 valence electrons. The molecular weight excluding hydrogens is 440 g/mol. The van der Waals surface area contributed by atoms with Crippen LogP contribution in [0.2, 0.25) is 0 Å². The second-order valence-electron chi connectivity index (χ2n) is 9.01. The average Bonchev–Trinajstić information content (AvgIpc) is 3.56. The first-order chi connectivity index (χ1) is 16.9. The summed E-state index contributed by atoms with van der Waals surface area (Å²) in [5.41, 5.74) is 7.42. The van der Waals surface area contributed by atoms with Gasteiger partial charge in [-0.15, -0.1) is 0 Å². The topological polar surface area (TPSA) is 105 Å². The third-order valence-corrected chi connectivity index (χ3v) is 6.77. The molecule has 2 aromatic carbocycles. The number of hydrogen-bond acceptors (Lipinski definition) is 4. The minimum Gasteiger partial charge on any atom is -0.338 e. The van der Waals surface area contributed by atoms with Crippen molar-refractivity contribution in [2.75, 3.05) is 5.32 Å². The molecule has 2 aromatic heterocycles. The Morgan fingerprint density at radius 1 is 1.09 bits per heavy atom. The lowest BCUT2D eigenvalue weighted by Gasteiger charge is -2.25. The van der Waals surface area contributed by atoms with Crippen LogP contribution in [0.1, 0.15) is 45.3 Å². The fraction of sp³-hybridized carbons (Fsp3) is 0.259. The smallest absolute Gasteiger partial charge is 0.270 e. The van der Waals surface area contributed by atoms with Crippen LogP contribution >= 0.6 is 0 Å². The molecule has 1 aliphatic rings. The van der Waals surface area contributed by atoms with Crippen LogP contribution in [0.15, 0.2) is 60.8 Å². The molecule has 0 saturated heterocycles. The summed E-state index contributed by atoms with van der Waals surface area (Å²) in [5.74, 6) is -0.680. The number of H-pyrrole nitrogens is 1. The summed E-state index contributed by atoms with van der Waals surface area (Å²) < 4.78 is 1.51. The molecule has 2 heterocycles. The molecule has 0 saturated carbocycles. The lowest BCUT2D eigenvalue weighted by molar-refractivity contribution is -0.118. The molecule has 3 N–H and O–H groups in total. The monoisotopic (exact) mass is 468 g/mol. The van der Waals surface area contributed by atoms with Gasteiger partial charge in [0.15, 0.2) is 0 Å². The lowest BCUT2D eigenvalue weighted by Crippen LogP contribution is -2.47. The van der Waals surface area contributed by atoms with Crippen LogP contribution in [-0.2, 0) is 18.3 Å². The molecule has 2 amide bonds. The quantitative estimate of drug-likeness (QED) is 0.399. The van der Waals surface area contributed by atoms with Crippen molar-refractivity contribution in [1.82, 2.24) is 25.3 Å². The second-order valence-corrected chi connectivity index (χ2v) is 9.01. The number of aromatic amines is 1. The van der Waals surface area contributed by atoms with E-state index in [1.165, 1.54) is 10.2 Å². The number of nitrogens with one attached hydrogen (secondary N) is 3. The minimum absolute atomic E-state index is 0.112. The van der Waals surface area contributed by atoms with E-state index in [2.05, 4.69) is 32.0 Å². The van der Waals surface area contributed by atoms with Crippen molar-refractivity contribution in [2.24, 2.45) is 7.05 Å². The molecule has 0 bridgehead atoms. The van der Waals surface area contributed by atoms with Crippen molar-refractivity contribution in [3.8, 4) is 11.1 Å². The van der Waals surface area contributed by atoms with Gasteiger partial charge in [0.05, 0.1) is 5.69 Å². The summed E-state index contributed by atoms with van der Waals surface area (Å²) >= 11 is 0. The summed E-state index contributed by atoms with van der Waals surface area (Å²) in [7, 11) is 1.71. The number of rotatable bonds is 6. The van der Waals surface area contributed by atoms with E-state index in [4.69, 9.17) is 0 Å². The average molecular weight is 469 g/mol. The molecule has 5 rings (SSSR count). The first-order valence-corrected chi connectivity index (χ1v) is 11.7. The fourth-order valence-electron chi connectivity index (χ4n) is 5.01. The van der Waals surface area contributed by atoms with Crippen LogP contribution < -0.4 is 10.6 Å². The van der Waals surface area contributed by atoms with Gasteiger partial charge in [-0.1, -0.05) is 36.4 Å². The number of aromatic nitrogens is 4. The maximum atomic E-state index is 13.6. The van der Waals surface area contributed by atoms with Gasteiger partial charge in [0.25, 0.3) is 5.91 Å². The molecule has 35 heavy (non-hydrogen) atoms. The Hall–Kier alpha value is -4.20. The molecule has 2 atom stereocenters. The molecule has 0 spiro atoms. The Morgan fingerprint density at radius 2 is 1.86 bits per heavy atom. The van der Waals surface area contributed by atoms with Crippen molar-refractivity contribution in [2.45, 2.75) is 38.6 Å². The molecule has 0 radical (unpaired) electrons. The van der Waals surface area contributed by atoms with Crippen molar-refractivity contribution < 1.29 is 9.59 Å². The number of fused-ring (bicyclic) bond motifs is 1. The zero-order chi connectivity index (χ0) is 24.5. The summed E-state index contributed by atoms with van der Waals surface area (Å²) in [6.45, 7) is 3.95. The molecule has 0 aliphatic heterocycles. The predicted octanol–water partition coefficient (Wildman–Crippen LogP) is 3.89. The number of hydrogen-bond donors (Lipinski definition) is 3. The van der Waals surface area contributed by atoms with E-state index in [9.17, 15) is 9.59 Å². The zero-order valence-corrected chi connectivity index (χ0v) is 20.0. The third kappa shape index (κ3) is 4.35. The number of carbonyl (C=O) groups excluding carboxylic acids is 2. The lowest BCUT2D eigenvalue weighted by atomic mass is 9.92. The number of aryl methyl sites for hydroxylation is 4. The summed E-state index contributed by atoms with van der Waals surface area (Å²) in [6.07, 6.45) is 3.24. The summed E-state index contributed by atoms with van der Waals surface area (Å²) in [5, 5.41) is 17.4. The van der Waals surface area contributed by atoms with Crippen molar-refractivity contribution in [3.05, 3.63) is 89.0 Å². The van der Waals surface area contributed by atoms with Gasteiger partial charge in [0.2, 0.25) is 5.91 Å². The number of benzene rings is 2. The highest BCUT2D eigenvalue weighted by Gasteiger charge is 2.36. The van der Waals surface area contributed by atoms with Gasteiger partial charge in [-0.2, -0.15) is 10.2 Å². The second kappa shape index (κ2) is 9.21. The molecule has 0 unspecified atom stereocenters. The highest BCUT2D eigenvalue weighted by molar-refractivity contribution is 6.01. The first kappa shape index (κ1) is 22.6. The molecule has 4 aromatic rings. The Bertz CT molecular complexity index is 1370. The van der Waals surface area contributed by atoms with E-state index in [0.29, 0.717) is 11.4 Å². The Morgan fingerprint density at radius 3 is 2.54 bits per heavy atom. The van der Waals surface area contributed by atoms with Gasteiger partial charge in [-0.05, 0) is 61.6 Å². The van der Waals surface area contributed by atoms with Crippen LogP contribution in [0.3, 0.4) is 0 Å². The molecule has 8 nitrogen and oxygen atoms in total. The van der Waals surface area contributed by atoms with E-state index in [0.717, 1.165) is 40.9 Å². The van der Waals surface area contributed by atoms with Crippen molar-refractivity contribution in [3.63, 3.8) is 0 Å². The Kier molecular flexibility index (Phi) is 5.94. The van der Waals surface area contributed by atoms with Gasteiger partial charge in [-0.3, -0.25) is 19.4 Å². The van der Waals surface area contributed by atoms with Crippen molar-refractivity contribution >= 4 is 17.5 Å². The highest BCUT2D eigenvalue weighted by atomic mass is 16.2. The maximum Gasteiger partial charge on any atom is 0.270 e. The standard InChI is InChI=1S/C27H28N6O2/c1-16-24(17(2)32-31-16)19-8-11-20(12-9-19)29-27(35)25(30-26(34)23-14-15-28-33(23)3)22-13-10-18-6-4-5-7-21(18)22/h4-9,11-12,14-15,22,25H,10,13H2,1-3H3,(H,29,35)(H,30,34)(H,31,32)/t22-,25-/m0/s1. The van der Waals surface area contributed by atoms with Crippen LogP contribution in [-0.4, -0.2) is 37.8 Å². The van der Waals surface area contributed by atoms with Gasteiger partial charge in [0.1, 0.15) is 11.7 Å². The highest BCUT2D eigenvalue weighted by Crippen LogP contribution is 2.36. The molecular formula is C27H28N6O2. The number of nitrogens with zero attached hydrogens (tertiary/aromatic N) is 3.